The van der Waals surface area contributed by atoms with Gasteiger partial charge in [0.1, 0.15) is 6.04 Å². The number of rotatable bonds is 6. The van der Waals surface area contributed by atoms with Crippen molar-refractivity contribution in [1.82, 2.24) is 9.55 Å². The molecule has 0 saturated carbocycles. The Labute approximate surface area is 268 Å². The van der Waals surface area contributed by atoms with Crippen molar-refractivity contribution >= 4 is 39.5 Å². The molecule has 0 N–H and O–H groups in total. The predicted molar refractivity (Wildman–Crippen MR) is 190 cm³/mol. The Balaban J connectivity index is 0.895. The van der Waals surface area contributed by atoms with Crippen LogP contribution in [0.4, 0.5) is 11.4 Å². The van der Waals surface area contributed by atoms with E-state index in [0.29, 0.717) is 0 Å². The van der Waals surface area contributed by atoms with Gasteiger partial charge in [0.15, 0.2) is 0 Å². The van der Waals surface area contributed by atoms with Crippen LogP contribution >= 0.6 is 0 Å². The average Bonchev–Trinajstić information content (AvgIpc) is 3.63. The van der Waals surface area contributed by atoms with Gasteiger partial charge in [-0.25, -0.2) is 0 Å². The highest BCUT2D eigenvalue weighted by Crippen LogP contribution is 2.47. The third kappa shape index (κ3) is 4.53. The van der Waals surface area contributed by atoms with Crippen LogP contribution in [0, 0.1) is 0 Å². The highest BCUT2D eigenvalue weighted by Gasteiger charge is 2.38. The molecule has 0 radical (unpaired) electrons. The number of hydrogen-bond acceptors (Lipinski definition) is 3. The van der Waals surface area contributed by atoms with Gasteiger partial charge in [0.25, 0.3) is 0 Å². The summed E-state index contributed by atoms with van der Waals surface area (Å²) in [6, 6.07) is 48.8. The summed E-state index contributed by atoms with van der Waals surface area (Å²) in [6.45, 7) is 0. The molecule has 220 valence electrons. The molecule has 0 fully saturated rings. The fourth-order valence-electron chi connectivity index (χ4n) is 7.26. The summed E-state index contributed by atoms with van der Waals surface area (Å²) in [5, 5.41) is 1.18. The zero-order valence-corrected chi connectivity index (χ0v) is 25.4. The third-order valence-electron chi connectivity index (χ3n) is 9.45. The molecule has 2 unspecified atom stereocenters. The first-order chi connectivity index (χ1) is 22.8. The Morgan fingerprint density at radius 1 is 0.565 bits per heavy atom. The van der Waals surface area contributed by atoms with Gasteiger partial charge in [0.05, 0.1) is 22.6 Å². The molecule has 4 heterocycles. The fraction of sp³-hybridized carbons (Fsp3) is 0.0952. The molecule has 2 aliphatic rings. The Hall–Kier alpha value is -5.74. The van der Waals surface area contributed by atoms with Gasteiger partial charge in [-0.15, -0.1) is 0 Å². The number of allylic oxidation sites excluding steroid dienone is 1. The second-order valence-corrected chi connectivity index (χ2v) is 12.3. The molecule has 4 nitrogen and oxygen atoms in total. The van der Waals surface area contributed by atoms with Crippen molar-refractivity contribution in [1.29, 1.82) is 0 Å². The number of dihydropyridines is 1. The van der Waals surface area contributed by atoms with Gasteiger partial charge in [0.2, 0.25) is 0 Å². The number of anilines is 2. The highest BCUT2D eigenvalue weighted by molar-refractivity contribution is 6.06. The molecule has 2 atom stereocenters. The lowest BCUT2D eigenvalue weighted by atomic mass is 10.00. The van der Waals surface area contributed by atoms with Crippen molar-refractivity contribution in [2.45, 2.75) is 24.9 Å². The van der Waals surface area contributed by atoms with E-state index in [4.69, 9.17) is 4.99 Å². The molecule has 0 saturated heterocycles. The van der Waals surface area contributed by atoms with Crippen LogP contribution in [0.1, 0.15) is 33.9 Å². The maximum Gasteiger partial charge on any atom is 0.101 e. The molecular formula is C42H32N4. The lowest BCUT2D eigenvalue weighted by Gasteiger charge is -2.28. The minimum atomic E-state index is 0.162. The number of para-hydroxylation sites is 2. The van der Waals surface area contributed by atoms with Gasteiger partial charge in [0, 0.05) is 40.4 Å². The SMILES string of the molecule is C1=CC2C(N=C1)c1ccccc1N2c1ccc(Cc2ccc(Cc3ccc(-n4c5ccccc5c5ncccc54)cc3)cc2)cc1. The van der Waals surface area contributed by atoms with Crippen LogP contribution in [0.25, 0.3) is 27.6 Å². The van der Waals surface area contributed by atoms with Crippen molar-refractivity contribution < 1.29 is 0 Å². The Morgan fingerprint density at radius 2 is 1.17 bits per heavy atom. The molecule has 0 amide bonds. The minimum Gasteiger partial charge on any atom is -0.332 e. The zero-order valence-electron chi connectivity index (χ0n) is 25.4. The number of fused-ring (bicyclic) bond motifs is 6. The van der Waals surface area contributed by atoms with E-state index in [-0.39, 0.29) is 12.1 Å². The van der Waals surface area contributed by atoms with E-state index in [0.717, 1.165) is 29.6 Å². The summed E-state index contributed by atoms with van der Waals surface area (Å²) in [6.07, 6.45) is 9.95. The third-order valence-corrected chi connectivity index (χ3v) is 9.45. The van der Waals surface area contributed by atoms with Crippen molar-refractivity contribution in [3.8, 4) is 5.69 Å². The molecular weight excluding hydrogens is 560 g/mol. The van der Waals surface area contributed by atoms with Gasteiger partial charge in [-0.1, -0.05) is 91.0 Å². The van der Waals surface area contributed by atoms with Crippen LogP contribution in [0.5, 0.6) is 0 Å². The molecule has 46 heavy (non-hydrogen) atoms. The summed E-state index contributed by atoms with van der Waals surface area (Å²) in [5.41, 5.74) is 13.5. The van der Waals surface area contributed by atoms with Crippen LogP contribution in [0.15, 0.2) is 157 Å². The molecule has 7 aromatic rings. The van der Waals surface area contributed by atoms with Crippen LogP contribution < -0.4 is 4.90 Å². The molecule has 2 aromatic heterocycles. The number of hydrogen-bond donors (Lipinski definition) is 0. The summed E-state index contributed by atoms with van der Waals surface area (Å²) in [5.74, 6) is 0. The van der Waals surface area contributed by atoms with E-state index in [9.17, 15) is 0 Å². The second-order valence-electron chi connectivity index (χ2n) is 12.3. The zero-order chi connectivity index (χ0) is 30.5. The standard InChI is InChI=1S/C42H32N4/c1-3-9-37-35(7-1)41-39(11-5-25-43-41)45(37)33-21-17-31(18-22-33)27-29-13-15-30(16-14-29)28-32-19-23-34(24-20-32)46-38-10-4-2-8-36(38)42-40(46)12-6-26-44-42/h1-26,39,41H,27-28H2. The van der Waals surface area contributed by atoms with Crippen molar-refractivity contribution in [3.05, 3.63) is 180 Å². The fourth-order valence-corrected chi connectivity index (χ4v) is 7.26. The van der Waals surface area contributed by atoms with Gasteiger partial charge < -0.3 is 9.47 Å². The number of aromatic nitrogens is 2. The van der Waals surface area contributed by atoms with E-state index in [1.54, 1.807) is 0 Å². The van der Waals surface area contributed by atoms with Crippen molar-refractivity contribution in [3.63, 3.8) is 0 Å². The number of pyridine rings is 1. The highest BCUT2D eigenvalue weighted by atomic mass is 15.2. The van der Waals surface area contributed by atoms with E-state index >= 15 is 0 Å². The molecule has 4 heteroatoms. The van der Waals surface area contributed by atoms with Crippen LogP contribution in [0.3, 0.4) is 0 Å². The normalized spacial score (nSPS) is 16.7. The van der Waals surface area contributed by atoms with Crippen LogP contribution in [-0.4, -0.2) is 21.8 Å². The minimum absolute atomic E-state index is 0.162. The van der Waals surface area contributed by atoms with Crippen molar-refractivity contribution in [2.75, 3.05) is 4.90 Å². The average molecular weight is 593 g/mol. The van der Waals surface area contributed by atoms with E-state index < -0.39 is 0 Å². The maximum atomic E-state index is 4.79. The first kappa shape index (κ1) is 26.6. The summed E-state index contributed by atoms with van der Waals surface area (Å²) in [7, 11) is 0. The van der Waals surface area contributed by atoms with Gasteiger partial charge in [-0.2, -0.15) is 0 Å². The van der Waals surface area contributed by atoms with Gasteiger partial charge in [-0.05, 0) is 89.7 Å². The summed E-state index contributed by atoms with van der Waals surface area (Å²) in [4.78, 5) is 11.9. The molecule has 2 aliphatic heterocycles. The molecule has 9 rings (SSSR count). The molecule has 5 aromatic carbocycles. The maximum absolute atomic E-state index is 4.79. The van der Waals surface area contributed by atoms with Crippen molar-refractivity contribution in [2.24, 2.45) is 4.99 Å². The topological polar surface area (TPSA) is 33.4 Å². The first-order valence-corrected chi connectivity index (χ1v) is 16.0. The molecule has 0 aliphatic carbocycles. The molecule has 0 spiro atoms. The number of nitrogens with zero attached hydrogens (tertiary/aromatic N) is 4. The smallest absolute Gasteiger partial charge is 0.101 e. The van der Waals surface area contributed by atoms with Gasteiger partial charge in [-0.3, -0.25) is 9.98 Å². The van der Waals surface area contributed by atoms with E-state index in [1.165, 1.54) is 50.1 Å². The summed E-state index contributed by atoms with van der Waals surface area (Å²) >= 11 is 0. The lowest BCUT2D eigenvalue weighted by Crippen LogP contribution is -2.28. The lowest BCUT2D eigenvalue weighted by molar-refractivity contribution is 0.667. The monoisotopic (exact) mass is 592 g/mol. The molecule has 0 bridgehead atoms. The quantitative estimate of drug-likeness (QED) is 0.193. The number of benzene rings is 5. The first-order valence-electron chi connectivity index (χ1n) is 16.0. The predicted octanol–water partition coefficient (Wildman–Crippen LogP) is 9.56. The Morgan fingerprint density at radius 3 is 1.91 bits per heavy atom. The van der Waals surface area contributed by atoms with Crippen LogP contribution in [-0.2, 0) is 12.8 Å². The largest absolute Gasteiger partial charge is 0.332 e. The summed E-state index contributed by atoms with van der Waals surface area (Å²) < 4.78 is 2.31. The van der Waals surface area contributed by atoms with Crippen LogP contribution in [0.2, 0.25) is 0 Å². The Bertz CT molecular complexity index is 2200. The van der Waals surface area contributed by atoms with E-state index in [2.05, 4.69) is 154 Å². The Kier molecular flexibility index (Phi) is 6.38. The van der Waals surface area contributed by atoms with E-state index in [1.807, 2.05) is 18.5 Å². The van der Waals surface area contributed by atoms with Gasteiger partial charge >= 0.3 is 0 Å². The number of aliphatic imine (C=N–C) groups is 1. The second kappa shape index (κ2) is 11.0.